The number of esters is 1. The number of hydrogen-bond donors (Lipinski definition) is 1. The van der Waals surface area contributed by atoms with Gasteiger partial charge in [0.1, 0.15) is 17.7 Å². The number of halogens is 2. The number of ether oxygens (including phenoxy) is 1. The molecule has 0 aliphatic heterocycles. The van der Waals surface area contributed by atoms with Crippen molar-refractivity contribution in [2.45, 2.75) is 31.7 Å². The van der Waals surface area contributed by atoms with Gasteiger partial charge < -0.3 is 10.5 Å². The maximum Gasteiger partial charge on any atom is 0.322 e. The molecule has 2 N–H and O–H groups in total. The lowest BCUT2D eigenvalue weighted by Crippen LogP contribution is -2.31. The van der Waals surface area contributed by atoms with Crippen LogP contribution in [-0.2, 0) is 16.0 Å². The van der Waals surface area contributed by atoms with Gasteiger partial charge in [0.25, 0.3) is 0 Å². The summed E-state index contributed by atoms with van der Waals surface area (Å²) < 4.78 is 31.0. The van der Waals surface area contributed by atoms with Gasteiger partial charge in [-0.1, -0.05) is 12.5 Å². The lowest BCUT2D eigenvalue weighted by atomic mass is 10.0. The minimum Gasteiger partial charge on any atom is -0.468 e. The van der Waals surface area contributed by atoms with Crippen LogP contribution >= 0.6 is 0 Å². The third kappa shape index (κ3) is 4.07. The van der Waals surface area contributed by atoms with E-state index in [1.807, 2.05) is 0 Å². The Kier molecular flexibility index (Phi) is 5.71. The van der Waals surface area contributed by atoms with Crippen LogP contribution in [0.1, 0.15) is 24.8 Å². The predicted molar refractivity (Wildman–Crippen MR) is 63.9 cm³/mol. The average Bonchev–Trinajstić information content (AvgIpc) is 2.36. The Balaban J connectivity index is 2.36. The van der Waals surface area contributed by atoms with Crippen LogP contribution < -0.4 is 5.73 Å². The quantitative estimate of drug-likeness (QED) is 0.627. The second-order valence-electron chi connectivity index (χ2n) is 4.08. The first kappa shape index (κ1) is 14.6. The Morgan fingerprint density at radius 1 is 1.33 bits per heavy atom. The smallest absolute Gasteiger partial charge is 0.322 e. The zero-order chi connectivity index (χ0) is 13.5. The summed E-state index contributed by atoms with van der Waals surface area (Å²) in [6.07, 6.45) is 1.93. The zero-order valence-corrected chi connectivity index (χ0v) is 10.3. The normalized spacial score (nSPS) is 12.2. The van der Waals surface area contributed by atoms with Crippen molar-refractivity contribution in [2.24, 2.45) is 5.73 Å². The first-order valence-corrected chi connectivity index (χ1v) is 5.82. The van der Waals surface area contributed by atoms with Crippen molar-refractivity contribution in [1.82, 2.24) is 0 Å². The van der Waals surface area contributed by atoms with Crippen molar-refractivity contribution in [1.29, 1.82) is 0 Å². The number of nitrogens with two attached hydrogens (primary N) is 1. The van der Waals surface area contributed by atoms with Crippen molar-refractivity contribution < 1.29 is 18.3 Å². The van der Waals surface area contributed by atoms with Gasteiger partial charge in [0.2, 0.25) is 0 Å². The molecule has 3 nitrogen and oxygen atoms in total. The summed E-state index contributed by atoms with van der Waals surface area (Å²) in [5.41, 5.74) is 5.63. The number of methoxy groups -OCH3 is 1. The molecule has 1 rings (SSSR count). The molecule has 1 unspecified atom stereocenters. The fraction of sp³-hybridized carbons (Fsp3) is 0.462. The number of hydrogen-bond acceptors (Lipinski definition) is 3. The molecule has 0 heterocycles. The number of rotatable bonds is 6. The van der Waals surface area contributed by atoms with Crippen LogP contribution in [0, 0.1) is 11.6 Å². The van der Waals surface area contributed by atoms with Crippen LogP contribution in [0.15, 0.2) is 18.2 Å². The molecule has 0 saturated carbocycles. The highest BCUT2D eigenvalue weighted by molar-refractivity contribution is 5.75. The summed E-state index contributed by atoms with van der Waals surface area (Å²) in [6, 6.07) is 3.14. The van der Waals surface area contributed by atoms with Gasteiger partial charge in [-0.2, -0.15) is 0 Å². The van der Waals surface area contributed by atoms with Gasteiger partial charge in [-0.05, 0) is 31.4 Å². The molecule has 0 aliphatic carbocycles. The lowest BCUT2D eigenvalue weighted by molar-refractivity contribution is -0.142. The Morgan fingerprint density at radius 2 is 1.94 bits per heavy atom. The summed E-state index contributed by atoms with van der Waals surface area (Å²) in [5.74, 6) is -1.54. The van der Waals surface area contributed by atoms with Gasteiger partial charge in [0.05, 0.1) is 7.11 Å². The average molecular weight is 257 g/mol. The molecule has 0 saturated heterocycles. The third-order valence-electron chi connectivity index (χ3n) is 2.76. The van der Waals surface area contributed by atoms with E-state index in [0.717, 1.165) is 0 Å². The van der Waals surface area contributed by atoms with Crippen LogP contribution in [0.5, 0.6) is 0 Å². The van der Waals surface area contributed by atoms with E-state index in [2.05, 4.69) is 4.74 Å². The number of carbonyl (C=O) groups is 1. The highest BCUT2D eigenvalue weighted by atomic mass is 19.1. The molecule has 0 fully saturated rings. The SMILES string of the molecule is COC(=O)C(N)CCCCc1c(F)cccc1F. The van der Waals surface area contributed by atoms with Crippen molar-refractivity contribution >= 4 is 5.97 Å². The van der Waals surface area contributed by atoms with E-state index < -0.39 is 23.6 Å². The molecule has 100 valence electrons. The van der Waals surface area contributed by atoms with Gasteiger partial charge in [-0.25, -0.2) is 8.78 Å². The van der Waals surface area contributed by atoms with Crippen molar-refractivity contribution in [3.63, 3.8) is 0 Å². The van der Waals surface area contributed by atoms with Crippen LogP contribution in [0.2, 0.25) is 0 Å². The summed E-state index contributed by atoms with van der Waals surface area (Å²) in [4.78, 5) is 11.0. The summed E-state index contributed by atoms with van der Waals surface area (Å²) in [6.45, 7) is 0. The molecule has 1 aromatic carbocycles. The van der Waals surface area contributed by atoms with Gasteiger partial charge in [-0.3, -0.25) is 4.79 Å². The largest absolute Gasteiger partial charge is 0.468 e. The molecule has 1 aromatic rings. The molecule has 0 spiro atoms. The summed E-state index contributed by atoms with van der Waals surface area (Å²) in [7, 11) is 1.27. The second kappa shape index (κ2) is 7.06. The fourth-order valence-corrected chi connectivity index (χ4v) is 1.71. The first-order chi connectivity index (χ1) is 8.56. The maximum absolute atomic E-state index is 13.3. The third-order valence-corrected chi connectivity index (χ3v) is 2.76. The van der Waals surface area contributed by atoms with Gasteiger partial charge in [0.15, 0.2) is 0 Å². The Labute approximate surface area is 105 Å². The van der Waals surface area contributed by atoms with E-state index in [0.29, 0.717) is 25.7 Å². The lowest BCUT2D eigenvalue weighted by Gasteiger charge is -2.09. The molecular weight excluding hydrogens is 240 g/mol. The number of unbranched alkanes of at least 4 members (excludes halogenated alkanes) is 1. The number of carbonyl (C=O) groups excluding carboxylic acids is 1. The second-order valence-corrected chi connectivity index (χ2v) is 4.08. The highest BCUT2D eigenvalue weighted by Crippen LogP contribution is 2.15. The molecule has 0 amide bonds. The molecule has 0 aliphatic rings. The molecule has 18 heavy (non-hydrogen) atoms. The van der Waals surface area contributed by atoms with Crippen LogP contribution in [-0.4, -0.2) is 19.1 Å². The Bertz CT molecular complexity index is 390. The van der Waals surface area contributed by atoms with Crippen LogP contribution in [0.4, 0.5) is 8.78 Å². The monoisotopic (exact) mass is 257 g/mol. The summed E-state index contributed by atoms with van der Waals surface area (Å²) >= 11 is 0. The summed E-state index contributed by atoms with van der Waals surface area (Å²) in [5, 5.41) is 0. The Hall–Kier alpha value is -1.49. The van der Waals surface area contributed by atoms with E-state index in [4.69, 9.17) is 5.73 Å². The van der Waals surface area contributed by atoms with E-state index in [1.165, 1.54) is 25.3 Å². The molecule has 0 bridgehead atoms. The standard InChI is InChI=1S/C13H17F2NO2/c1-18-13(17)12(16)8-3-2-5-9-10(14)6-4-7-11(9)15/h4,6-7,12H,2-3,5,8,16H2,1H3. The van der Waals surface area contributed by atoms with Crippen molar-refractivity contribution in [3.8, 4) is 0 Å². The minimum absolute atomic E-state index is 0.0872. The van der Waals surface area contributed by atoms with Crippen LogP contribution in [0.25, 0.3) is 0 Å². The van der Waals surface area contributed by atoms with E-state index in [-0.39, 0.29) is 5.56 Å². The van der Waals surface area contributed by atoms with Crippen molar-refractivity contribution in [3.05, 3.63) is 35.4 Å². The number of benzene rings is 1. The van der Waals surface area contributed by atoms with Gasteiger partial charge in [0, 0.05) is 5.56 Å². The minimum atomic E-state index is -0.666. The van der Waals surface area contributed by atoms with Crippen LogP contribution in [0.3, 0.4) is 0 Å². The predicted octanol–water partition coefficient (Wildman–Crippen LogP) is 2.18. The van der Waals surface area contributed by atoms with E-state index >= 15 is 0 Å². The molecule has 5 heteroatoms. The van der Waals surface area contributed by atoms with Crippen molar-refractivity contribution in [2.75, 3.05) is 7.11 Å². The van der Waals surface area contributed by atoms with Gasteiger partial charge >= 0.3 is 5.97 Å². The first-order valence-electron chi connectivity index (χ1n) is 5.82. The maximum atomic E-state index is 13.3. The van der Waals surface area contributed by atoms with E-state index in [1.54, 1.807) is 0 Å². The van der Waals surface area contributed by atoms with E-state index in [9.17, 15) is 13.6 Å². The topological polar surface area (TPSA) is 52.3 Å². The Morgan fingerprint density at radius 3 is 2.50 bits per heavy atom. The highest BCUT2D eigenvalue weighted by Gasteiger charge is 2.13. The molecular formula is C13H17F2NO2. The fourth-order valence-electron chi connectivity index (χ4n) is 1.71. The molecule has 0 radical (unpaired) electrons. The molecule has 1 atom stereocenters. The zero-order valence-electron chi connectivity index (χ0n) is 10.3. The van der Waals surface area contributed by atoms with Gasteiger partial charge in [-0.15, -0.1) is 0 Å². The molecule has 0 aromatic heterocycles.